The number of carboxylic acids is 1. The first-order valence-corrected chi connectivity index (χ1v) is 5.07. The van der Waals surface area contributed by atoms with Crippen LogP contribution >= 0.6 is 0 Å². The number of carboxylic acid groups (broad SMARTS) is 1. The number of rotatable bonds is 6. The standard InChI is InChI=1S/C10H21NO2/c1-5-10(6-2,9(12)13)11(7-3)8-4/h5-8H2,1-4H3,(H,12,13). The maximum atomic E-state index is 11.2. The summed E-state index contributed by atoms with van der Waals surface area (Å²) < 4.78 is 0. The molecule has 0 aliphatic heterocycles. The second-order valence-electron chi connectivity index (χ2n) is 3.22. The van der Waals surface area contributed by atoms with Gasteiger partial charge in [-0.1, -0.05) is 27.7 Å². The number of nitrogens with zero attached hydrogens (tertiary/aromatic N) is 1. The van der Waals surface area contributed by atoms with Crippen LogP contribution in [0.1, 0.15) is 40.5 Å². The summed E-state index contributed by atoms with van der Waals surface area (Å²) in [6, 6.07) is 0. The molecule has 0 bridgehead atoms. The lowest BCUT2D eigenvalue weighted by molar-refractivity contribution is -0.152. The Morgan fingerprint density at radius 3 is 1.62 bits per heavy atom. The van der Waals surface area contributed by atoms with Crippen LogP contribution < -0.4 is 0 Å². The summed E-state index contributed by atoms with van der Waals surface area (Å²) >= 11 is 0. The van der Waals surface area contributed by atoms with Gasteiger partial charge in [-0.2, -0.15) is 0 Å². The fourth-order valence-corrected chi connectivity index (χ4v) is 1.96. The van der Waals surface area contributed by atoms with Gasteiger partial charge in [-0.25, -0.2) is 0 Å². The lowest BCUT2D eigenvalue weighted by Crippen LogP contribution is -2.53. The molecule has 0 saturated carbocycles. The third kappa shape index (κ3) is 2.21. The van der Waals surface area contributed by atoms with Crippen LogP contribution in [-0.2, 0) is 4.79 Å². The molecule has 13 heavy (non-hydrogen) atoms. The Kier molecular flexibility index (Phi) is 4.99. The van der Waals surface area contributed by atoms with Crippen molar-refractivity contribution in [2.75, 3.05) is 13.1 Å². The normalized spacial score (nSPS) is 12.1. The highest BCUT2D eigenvalue weighted by Crippen LogP contribution is 2.23. The Hall–Kier alpha value is -0.570. The van der Waals surface area contributed by atoms with E-state index in [4.69, 9.17) is 0 Å². The molecule has 0 aliphatic carbocycles. The monoisotopic (exact) mass is 187 g/mol. The third-order valence-corrected chi connectivity index (χ3v) is 2.94. The lowest BCUT2D eigenvalue weighted by Gasteiger charge is -2.38. The second-order valence-corrected chi connectivity index (χ2v) is 3.22. The van der Waals surface area contributed by atoms with E-state index in [1.54, 1.807) is 0 Å². The molecule has 1 N–H and O–H groups in total. The molecule has 0 saturated heterocycles. The van der Waals surface area contributed by atoms with Gasteiger partial charge < -0.3 is 5.11 Å². The van der Waals surface area contributed by atoms with Gasteiger partial charge in [-0.05, 0) is 25.9 Å². The van der Waals surface area contributed by atoms with Gasteiger partial charge >= 0.3 is 5.97 Å². The summed E-state index contributed by atoms with van der Waals surface area (Å²) in [5, 5.41) is 9.21. The van der Waals surface area contributed by atoms with Crippen molar-refractivity contribution < 1.29 is 9.90 Å². The number of likely N-dealkylation sites (N-methyl/N-ethyl adjacent to an activating group) is 1. The van der Waals surface area contributed by atoms with Crippen molar-refractivity contribution in [1.82, 2.24) is 4.90 Å². The van der Waals surface area contributed by atoms with Crippen molar-refractivity contribution in [3.63, 3.8) is 0 Å². The first-order valence-electron chi connectivity index (χ1n) is 5.07. The van der Waals surface area contributed by atoms with Crippen molar-refractivity contribution in [2.24, 2.45) is 0 Å². The minimum absolute atomic E-state index is 0.649. The molecular weight excluding hydrogens is 166 g/mol. The summed E-state index contributed by atoms with van der Waals surface area (Å²) in [6.45, 7) is 9.49. The van der Waals surface area contributed by atoms with E-state index in [9.17, 15) is 9.90 Å². The van der Waals surface area contributed by atoms with E-state index >= 15 is 0 Å². The molecule has 3 nitrogen and oxygen atoms in total. The van der Waals surface area contributed by atoms with Crippen LogP contribution in [0, 0.1) is 0 Å². The molecule has 0 aromatic heterocycles. The van der Waals surface area contributed by atoms with Gasteiger partial charge in [0.1, 0.15) is 5.54 Å². The van der Waals surface area contributed by atoms with Crippen LogP contribution in [-0.4, -0.2) is 34.6 Å². The zero-order chi connectivity index (χ0) is 10.5. The van der Waals surface area contributed by atoms with Gasteiger partial charge in [-0.15, -0.1) is 0 Å². The maximum absolute atomic E-state index is 11.2. The van der Waals surface area contributed by atoms with Crippen LogP contribution in [0.4, 0.5) is 0 Å². The smallest absolute Gasteiger partial charge is 0.324 e. The summed E-state index contributed by atoms with van der Waals surface area (Å²) in [5.41, 5.74) is -0.649. The minimum atomic E-state index is -0.693. The molecule has 0 aromatic rings. The fraction of sp³-hybridized carbons (Fsp3) is 0.900. The highest BCUT2D eigenvalue weighted by atomic mass is 16.4. The van der Waals surface area contributed by atoms with Crippen molar-refractivity contribution in [3.8, 4) is 0 Å². The quantitative estimate of drug-likeness (QED) is 0.691. The number of carbonyl (C=O) groups is 1. The minimum Gasteiger partial charge on any atom is -0.480 e. The maximum Gasteiger partial charge on any atom is 0.324 e. The molecule has 78 valence electrons. The molecule has 0 atom stereocenters. The van der Waals surface area contributed by atoms with Crippen LogP contribution in [0.5, 0.6) is 0 Å². The second kappa shape index (κ2) is 5.22. The van der Waals surface area contributed by atoms with E-state index < -0.39 is 11.5 Å². The summed E-state index contributed by atoms with van der Waals surface area (Å²) in [5.74, 6) is -0.693. The van der Waals surface area contributed by atoms with Gasteiger partial charge in [-0.3, -0.25) is 9.69 Å². The molecule has 0 aromatic carbocycles. The average Bonchev–Trinajstić information content (AvgIpc) is 2.13. The Morgan fingerprint density at radius 1 is 1.15 bits per heavy atom. The van der Waals surface area contributed by atoms with E-state index in [0.717, 1.165) is 13.1 Å². The molecule has 0 unspecified atom stereocenters. The number of hydrogen-bond acceptors (Lipinski definition) is 2. The first kappa shape index (κ1) is 12.4. The number of hydrogen-bond donors (Lipinski definition) is 1. The summed E-state index contributed by atoms with van der Waals surface area (Å²) in [6.07, 6.45) is 1.33. The molecule has 0 heterocycles. The molecule has 0 amide bonds. The van der Waals surface area contributed by atoms with Crippen molar-refractivity contribution in [3.05, 3.63) is 0 Å². The van der Waals surface area contributed by atoms with E-state index in [2.05, 4.69) is 0 Å². The highest BCUT2D eigenvalue weighted by Gasteiger charge is 2.39. The van der Waals surface area contributed by atoms with E-state index in [1.165, 1.54) is 0 Å². The van der Waals surface area contributed by atoms with Gasteiger partial charge in [0.2, 0.25) is 0 Å². The Labute approximate surface area is 80.7 Å². The van der Waals surface area contributed by atoms with E-state index in [0.29, 0.717) is 12.8 Å². The highest BCUT2D eigenvalue weighted by molar-refractivity contribution is 5.78. The average molecular weight is 187 g/mol. The summed E-state index contributed by atoms with van der Waals surface area (Å²) in [4.78, 5) is 13.2. The molecular formula is C10H21NO2. The SMILES string of the molecule is CCN(CC)C(CC)(CC)C(=O)O. The molecule has 0 spiro atoms. The van der Waals surface area contributed by atoms with E-state index in [1.807, 2.05) is 32.6 Å². The molecule has 0 fully saturated rings. The van der Waals surface area contributed by atoms with Gasteiger partial charge in [0, 0.05) is 0 Å². The predicted molar refractivity (Wildman–Crippen MR) is 53.9 cm³/mol. The molecule has 0 aliphatic rings. The molecule has 3 heteroatoms. The fourth-order valence-electron chi connectivity index (χ4n) is 1.96. The van der Waals surface area contributed by atoms with Gasteiger partial charge in [0.15, 0.2) is 0 Å². The van der Waals surface area contributed by atoms with Crippen LogP contribution in [0.25, 0.3) is 0 Å². The van der Waals surface area contributed by atoms with Crippen molar-refractivity contribution in [1.29, 1.82) is 0 Å². The Bertz CT molecular complexity index is 160. The zero-order valence-corrected chi connectivity index (χ0v) is 9.13. The molecule has 0 rings (SSSR count). The first-order chi connectivity index (χ1) is 6.08. The van der Waals surface area contributed by atoms with Gasteiger partial charge in [0.05, 0.1) is 0 Å². The number of aliphatic carboxylic acids is 1. The summed E-state index contributed by atoms with van der Waals surface area (Å²) in [7, 11) is 0. The van der Waals surface area contributed by atoms with Crippen molar-refractivity contribution in [2.45, 2.75) is 46.1 Å². The third-order valence-electron chi connectivity index (χ3n) is 2.94. The Balaban J connectivity index is 4.82. The molecule has 0 radical (unpaired) electrons. The largest absolute Gasteiger partial charge is 0.480 e. The predicted octanol–water partition coefficient (Wildman–Crippen LogP) is 1.97. The van der Waals surface area contributed by atoms with Crippen LogP contribution in [0.15, 0.2) is 0 Å². The van der Waals surface area contributed by atoms with Crippen LogP contribution in [0.2, 0.25) is 0 Å². The van der Waals surface area contributed by atoms with Crippen molar-refractivity contribution >= 4 is 5.97 Å². The van der Waals surface area contributed by atoms with Crippen LogP contribution in [0.3, 0.4) is 0 Å². The Morgan fingerprint density at radius 2 is 1.54 bits per heavy atom. The lowest BCUT2D eigenvalue weighted by atomic mass is 9.90. The van der Waals surface area contributed by atoms with E-state index in [-0.39, 0.29) is 0 Å². The van der Waals surface area contributed by atoms with Gasteiger partial charge in [0.25, 0.3) is 0 Å². The zero-order valence-electron chi connectivity index (χ0n) is 9.13. The topological polar surface area (TPSA) is 40.5 Å².